The van der Waals surface area contributed by atoms with Crippen LogP contribution < -0.4 is 0 Å². The Morgan fingerprint density at radius 1 is 1.83 bits per heavy atom. The summed E-state index contributed by atoms with van der Waals surface area (Å²) in [6.45, 7) is 0. The normalized spacial score (nSPS) is 26.8. The number of hydrogen-bond donors (Lipinski definition) is 0. The van der Waals surface area contributed by atoms with E-state index in [0.29, 0.717) is 12.1 Å². The van der Waals surface area contributed by atoms with Gasteiger partial charge in [-0.15, -0.1) is 11.8 Å². The highest BCUT2D eigenvalue weighted by molar-refractivity contribution is 8.22. The van der Waals surface area contributed by atoms with Crippen LogP contribution in [0.25, 0.3) is 0 Å². The molecule has 0 unspecified atom stereocenters. The van der Waals surface area contributed by atoms with Gasteiger partial charge in [0.2, 0.25) is 5.91 Å². The molecule has 0 aromatic heterocycles. The fourth-order valence-electron chi connectivity index (χ4n) is 1.27. The van der Waals surface area contributed by atoms with E-state index in [4.69, 9.17) is 5.26 Å². The summed E-state index contributed by atoms with van der Waals surface area (Å²) in [4.78, 5) is 12.7. The zero-order valence-corrected chi connectivity index (χ0v) is 8.04. The molecule has 0 aliphatic carbocycles. The summed E-state index contributed by atoms with van der Waals surface area (Å²) in [7, 11) is 0. The summed E-state index contributed by atoms with van der Waals surface area (Å²) in [5.41, 5.74) is 0.550. The van der Waals surface area contributed by atoms with Gasteiger partial charge in [0.15, 0.2) is 0 Å². The van der Waals surface area contributed by atoms with Gasteiger partial charge in [-0.25, -0.2) is 0 Å². The molecule has 2 aliphatic heterocycles. The first-order valence-electron chi connectivity index (χ1n) is 3.45. The molecule has 0 aromatic carbocycles. The van der Waals surface area contributed by atoms with Crippen LogP contribution in [0.5, 0.6) is 0 Å². The third kappa shape index (κ3) is 0.883. The first kappa shape index (κ1) is 8.02. The molecule has 0 saturated carbocycles. The van der Waals surface area contributed by atoms with Crippen LogP contribution in [0.4, 0.5) is 0 Å². The highest BCUT2D eigenvalue weighted by atomic mass is 32.2. The molecule has 2 rings (SSSR count). The van der Waals surface area contributed by atoms with Gasteiger partial charge in [0.05, 0.1) is 16.0 Å². The standard InChI is InChI=1S/C7H6N2OS2/c1-11-7-4(3-8)9-5(10)2-6(9)12-7/h6H,2H2,1H3/t6-/m1/s1. The molecule has 62 valence electrons. The summed E-state index contributed by atoms with van der Waals surface area (Å²) in [5.74, 6) is 0.0769. The van der Waals surface area contributed by atoms with Gasteiger partial charge in [-0.1, -0.05) is 11.8 Å². The van der Waals surface area contributed by atoms with Crippen LogP contribution in [0.1, 0.15) is 6.42 Å². The fraction of sp³-hybridized carbons (Fsp3) is 0.429. The van der Waals surface area contributed by atoms with E-state index in [1.54, 1.807) is 28.4 Å². The number of hydrogen-bond acceptors (Lipinski definition) is 4. The Hall–Kier alpha value is -0.600. The molecule has 2 heterocycles. The smallest absolute Gasteiger partial charge is 0.231 e. The van der Waals surface area contributed by atoms with Crippen molar-refractivity contribution in [1.29, 1.82) is 5.26 Å². The Balaban J connectivity index is 2.32. The van der Waals surface area contributed by atoms with Crippen LogP contribution in [-0.4, -0.2) is 22.4 Å². The highest BCUT2D eigenvalue weighted by Crippen LogP contribution is 2.49. The van der Waals surface area contributed by atoms with E-state index in [1.165, 1.54) is 0 Å². The van der Waals surface area contributed by atoms with Gasteiger partial charge < -0.3 is 0 Å². The second-order valence-corrected chi connectivity index (χ2v) is 4.76. The molecule has 1 atom stereocenters. The molecule has 0 aromatic rings. The molecule has 12 heavy (non-hydrogen) atoms. The van der Waals surface area contributed by atoms with Gasteiger partial charge in [-0.05, 0) is 6.26 Å². The van der Waals surface area contributed by atoms with Crippen molar-refractivity contribution in [3.63, 3.8) is 0 Å². The predicted octanol–water partition coefficient (Wildman–Crippen LogP) is 1.35. The Morgan fingerprint density at radius 3 is 3.08 bits per heavy atom. The van der Waals surface area contributed by atoms with Crippen LogP contribution in [0, 0.1) is 11.3 Å². The van der Waals surface area contributed by atoms with Crippen LogP contribution in [0.15, 0.2) is 9.93 Å². The van der Waals surface area contributed by atoms with Crippen LogP contribution in [-0.2, 0) is 4.79 Å². The topological polar surface area (TPSA) is 44.1 Å². The molecule has 1 fully saturated rings. The number of nitrogens with zero attached hydrogens (tertiary/aromatic N) is 2. The zero-order valence-electron chi connectivity index (χ0n) is 6.40. The fourth-order valence-corrected chi connectivity index (χ4v) is 3.38. The number of thioether (sulfide) groups is 2. The van der Waals surface area contributed by atoms with Crippen LogP contribution in [0.3, 0.4) is 0 Å². The number of carbonyl (C=O) groups excluding carboxylic acids is 1. The Labute approximate surface area is 78.8 Å². The molecule has 1 amide bonds. The van der Waals surface area contributed by atoms with Crippen molar-refractivity contribution >= 4 is 29.4 Å². The maximum absolute atomic E-state index is 11.1. The minimum absolute atomic E-state index is 0.0769. The van der Waals surface area contributed by atoms with E-state index >= 15 is 0 Å². The summed E-state index contributed by atoms with van der Waals surface area (Å²) in [5, 5.41) is 9.00. The van der Waals surface area contributed by atoms with Crippen LogP contribution in [0.2, 0.25) is 0 Å². The third-order valence-electron chi connectivity index (χ3n) is 1.87. The lowest BCUT2D eigenvalue weighted by Crippen LogP contribution is -2.46. The van der Waals surface area contributed by atoms with Gasteiger partial charge in [0.25, 0.3) is 0 Å². The Bertz CT molecular complexity index is 318. The van der Waals surface area contributed by atoms with Crippen molar-refractivity contribution in [2.24, 2.45) is 0 Å². The number of allylic oxidation sites excluding steroid dienone is 1. The number of amides is 1. The molecule has 2 aliphatic rings. The molecular formula is C7H6N2OS2. The maximum Gasteiger partial charge on any atom is 0.231 e. The van der Waals surface area contributed by atoms with Gasteiger partial charge in [-0.3, -0.25) is 9.69 Å². The second kappa shape index (κ2) is 2.71. The van der Waals surface area contributed by atoms with Crippen molar-refractivity contribution in [2.45, 2.75) is 11.8 Å². The molecule has 1 saturated heterocycles. The van der Waals surface area contributed by atoms with Crippen LogP contribution >= 0.6 is 23.5 Å². The number of carbonyl (C=O) groups is 1. The quantitative estimate of drug-likeness (QED) is 0.596. The summed E-state index contributed by atoms with van der Waals surface area (Å²) in [6, 6.07) is 2.07. The van der Waals surface area contributed by atoms with Gasteiger partial charge in [0.1, 0.15) is 11.8 Å². The SMILES string of the molecule is CSC1=C(C#N)N2C(=O)C[C@H]2S1. The molecule has 5 heteroatoms. The minimum atomic E-state index is 0.0769. The monoisotopic (exact) mass is 198 g/mol. The lowest BCUT2D eigenvalue weighted by molar-refractivity contribution is -0.137. The van der Waals surface area contributed by atoms with Gasteiger partial charge in [0, 0.05) is 0 Å². The maximum atomic E-state index is 11.1. The lowest BCUT2D eigenvalue weighted by Gasteiger charge is -2.33. The van der Waals surface area contributed by atoms with Crippen molar-refractivity contribution < 1.29 is 4.79 Å². The predicted molar refractivity (Wildman–Crippen MR) is 49.0 cm³/mol. The molecular weight excluding hydrogens is 192 g/mol. The average molecular weight is 198 g/mol. The largest absolute Gasteiger partial charge is 0.288 e. The van der Waals surface area contributed by atoms with Gasteiger partial charge >= 0.3 is 0 Å². The first-order valence-corrected chi connectivity index (χ1v) is 5.55. The number of rotatable bonds is 1. The van der Waals surface area contributed by atoms with Gasteiger partial charge in [-0.2, -0.15) is 5.26 Å². The molecule has 3 nitrogen and oxygen atoms in total. The number of nitriles is 1. The lowest BCUT2D eigenvalue weighted by atomic mass is 10.2. The first-order chi connectivity index (χ1) is 5.77. The van der Waals surface area contributed by atoms with Crippen molar-refractivity contribution in [3.05, 3.63) is 9.93 Å². The average Bonchev–Trinajstić information content (AvgIpc) is 2.36. The Kier molecular flexibility index (Phi) is 1.81. The minimum Gasteiger partial charge on any atom is -0.288 e. The molecule has 0 spiro atoms. The molecule has 0 N–H and O–H groups in total. The van der Waals surface area contributed by atoms with Crippen molar-refractivity contribution in [1.82, 2.24) is 4.90 Å². The van der Waals surface area contributed by atoms with Crippen molar-refractivity contribution in [2.75, 3.05) is 6.26 Å². The van der Waals surface area contributed by atoms with E-state index in [9.17, 15) is 4.79 Å². The van der Waals surface area contributed by atoms with E-state index in [1.807, 2.05) is 6.26 Å². The third-order valence-corrected chi connectivity index (χ3v) is 4.28. The van der Waals surface area contributed by atoms with E-state index in [2.05, 4.69) is 6.07 Å². The number of β-lactam (4-membered cyclic amide) rings is 1. The van der Waals surface area contributed by atoms with Crippen molar-refractivity contribution in [3.8, 4) is 6.07 Å². The van der Waals surface area contributed by atoms with E-state index in [-0.39, 0.29) is 11.3 Å². The Morgan fingerprint density at radius 2 is 2.58 bits per heavy atom. The summed E-state index contributed by atoms with van der Waals surface area (Å²) >= 11 is 3.16. The zero-order chi connectivity index (χ0) is 8.72. The molecule has 0 bridgehead atoms. The molecule has 0 radical (unpaired) electrons. The summed E-state index contributed by atoms with van der Waals surface area (Å²) in [6.07, 6.45) is 2.51. The van der Waals surface area contributed by atoms with E-state index in [0.717, 1.165) is 4.24 Å². The van der Waals surface area contributed by atoms with E-state index < -0.39 is 0 Å². The second-order valence-electron chi connectivity index (χ2n) is 2.49. The summed E-state index contributed by atoms with van der Waals surface area (Å²) < 4.78 is 0.980. The highest BCUT2D eigenvalue weighted by Gasteiger charge is 2.45. The number of fused-ring (bicyclic) bond motifs is 1.